The third-order valence-corrected chi connectivity index (χ3v) is 6.86. The summed E-state index contributed by atoms with van der Waals surface area (Å²) in [6.45, 7) is 0. The Labute approximate surface area is 175 Å². The molecule has 0 atom stereocenters. The zero-order valence-electron chi connectivity index (χ0n) is 14.9. The summed E-state index contributed by atoms with van der Waals surface area (Å²) in [5, 5.41) is 1.87. The minimum Gasteiger partial charge on any atom is -0.453 e. The highest BCUT2D eigenvalue weighted by atomic mass is 35.5. The van der Waals surface area contributed by atoms with Crippen molar-refractivity contribution >= 4 is 44.8 Å². The van der Waals surface area contributed by atoms with E-state index in [1.54, 1.807) is 41.7 Å². The Kier molecular flexibility index (Phi) is 4.54. The van der Waals surface area contributed by atoms with Crippen LogP contribution in [0, 0.1) is 0 Å². The van der Waals surface area contributed by atoms with Gasteiger partial charge in [0, 0.05) is 15.5 Å². The first kappa shape index (κ1) is 18.0. The van der Waals surface area contributed by atoms with Crippen molar-refractivity contribution in [2.75, 3.05) is 0 Å². The number of nitrogens with zero attached hydrogens (tertiary/aromatic N) is 1. The molecule has 1 N–H and O–H groups in total. The standard InChI is InChI=1S/C21H16Cl2N2O2S/c22-11-6-7-14(23)13(10-11)15-8-9-16(27-15)19-24-20(26)18-12-4-2-1-3-5-17(12)28-21(18)25-19/h6-10H,1-5H2,(H,24,25,26). The zero-order chi connectivity index (χ0) is 19.3. The molecule has 0 saturated carbocycles. The number of hydrogen-bond donors (Lipinski definition) is 1. The van der Waals surface area contributed by atoms with Gasteiger partial charge in [-0.25, -0.2) is 4.98 Å². The smallest absolute Gasteiger partial charge is 0.260 e. The van der Waals surface area contributed by atoms with Crippen LogP contribution < -0.4 is 5.56 Å². The molecule has 0 fully saturated rings. The molecule has 0 bridgehead atoms. The van der Waals surface area contributed by atoms with Gasteiger partial charge in [0.2, 0.25) is 0 Å². The molecule has 0 amide bonds. The number of aromatic nitrogens is 2. The number of aromatic amines is 1. The van der Waals surface area contributed by atoms with Crippen molar-refractivity contribution in [2.24, 2.45) is 0 Å². The number of fused-ring (bicyclic) bond motifs is 3. The monoisotopic (exact) mass is 430 g/mol. The van der Waals surface area contributed by atoms with Gasteiger partial charge in [-0.05, 0) is 61.6 Å². The van der Waals surface area contributed by atoms with Crippen molar-refractivity contribution in [2.45, 2.75) is 32.1 Å². The summed E-state index contributed by atoms with van der Waals surface area (Å²) in [6.07, 6.45) is 5.50. The van der Waals surface area contributed by atoms with Crippen molar-refractivity contribution in [3.05, 3.63) is 61.2 Å². The number of benzene rings is 1. The third kappa shape index (κ3) is 3.08. The third-order valence-electron chi connectivity index (χ3n) is 5.11. The van der Waals surface area contributed by atoms with Gasteiger partial charge in [0.1, 0.15) is 10.6 Å². The Bertz CT molecular complexity index is 1260. The molecule has 1 aromatic carbocycles. The van der Waals surface area contributed by atoms with Crippen LogP contribution in [0.15, 0.2) is 39.5 Å². The van der Waals surface area contributed by atoms with Gasteiger partial charge in [-0.3, -0.25) is 4.79 Å². The molecule has 4 nitrogen and oxygen atoms in total. The summed E-state index contributed by atoms with van der Waals surface area (Å²) < 4.78 is 5.95. The molecule has 142 valence electrons. The molecule has 1 aliphatic rings. The second kappa shape index (κ2) is 7.07. The van der Waals surface area contributed by atoms with Crippen LogP contribution in [-0.2, 0) is 12.8 Å². The fourth-order valence-electron chi connectivity index (χ4n) is 3.75. The van der Waals surface area contributed by atoms with Gasteiger partial charge in [-0.2, -0.15) is 0 Å². The van der Waals surface area contributed by atoms with Crippen LogP contribution in [-0.4, -0.2) is 9.97 Å². The molecule has 1 aliphatic carbocycles. The van der Waals surface area contributed by atoms with Gasteiger partial charge in [-0.1, -0.05) is 29.6 Å². The van der Waals surface area contributed by atoms with E-state index >= 15 is 0 Å². The van der Waals surface area contributed by atoms with E-state index in [4.69, 9.17) is 32.6 Å². The van der Waals surface area contributed by atoms with Crippen LogP contribution in [0.2, 0.25) is 10.0 Å². The van der Waals surface area contributed by atoms with Crippen LogP contribution in [0.5, 0.6) is 0 Å². The van der Waals surface area contributed by atoms with Gasteiger partial charge < -0.3 is 9.40 Å². The van der Waals surface area contributed by atoms with Crippen LogP contribution in [0.4, 0.5) is 0 Å². The highest BCUT2D eigenvalue weighted by molar-refractivity contribution is 7.18. The fraction of sp³-hybridized carbons (Fsp3) is 0.238. The molecule has 28 heavy (non-hydrogen) atoms. The number of furan rings is 1. The first-order valence-corrected chi connectivity index (χ1v) is 10.8. The van der Waals surface area contributed by atoms with Crippen LogP contribution in [0.3, 0.4) is 0 Å². The van der Waals surface area contributed by atoms with E-state index in [0.717, 1.165) is 29.5 Å². The zero-order valence-corrected chi connectivity index (χ0v) is 17.2. The Morgan fingerprint density at radius 1 is 1.04 bits per heavy atom. The summed E-state index contributed by atoms with van der Waals surface area (Å²) in [5.41, 5.74) is 1.79. The first-order chi connectivity index (χ1) is 13.6. The topological polar surface area (TPSA) is 58.9 Å². The lowest BCUT2D eigenvalue weighted by molar-refractivity contribution is 0.592. The van der Waals surface area contributed by atoms with Crippen molar-refractivity contribution in [1.82, 2.24) is 9.97 Å². The minimum absolute atomic E-state index is 0.0989. The van der Waals surface area contributed by atoms with Crippen molar-refractivity contribution < 1.29 is 4.42 Å². The molecule has 5 rings (SSSR count). The Morgan fingerprint density at radius 3 is 2.75 bits per heavy atom. The molecule has 3 heterocycles. The average molecular weight is 431 g/mol. The Hall–Kier alpha value is -2.08. The van der Waals surface area contributed by atoms with E-state index in [1.807, 2.05) is 0 Å². The van der Waals surface area contributed by atoms with E-state index in [0.29, 0.717) is 33.0 Å². The maximum atomic E-state index is 12.8. The van der Waals surface area contributed by atoms with Gasteiger partial charge in [0.05, 0.1) is 10.4 Å². The summed E-state index contributed by atoms with van der Waals surface area (Å²) in [7, 11) is 0. The Morgan fingerprint density at radius 2 is 1.86 bits per heavy atom. The highest BCUT2D eigenvalue weighted by Crippen LogP contribution is 2.36. The fourth-order valence-corrected chi connectivity index (χ4v) is 5.40. The van der Waals surface area contributed by atoms with Gasteiger partial charge in [0.25, 0.3) is 5.56 Å². The molecule has 3 aromatic heterocycles. The lowest BCUT2D eigenvalue weighted by Crippen LogP contribution is -2.09. The van der Waals surface area contributed by atoms with Crippen LogP contribution in [0.1, 0.15) is 29.7 Å². The Balaban J connectivity index is 1.60. The second-order valence-corrected chi connectivity index (χ2v) is 8.87. The largest absolute Gasteiger partial charge is 0.453 e. The molecular formula is C21H16Cl2N2O2S. The number of rotatable bonds is 2. The van der Waals surface area contributed by atoms with Gasteiger partial charge in [-0.15, -0.1) is 11.3 Å². The number of thiophene rings is 1. The molecule has 0 saturated heterocycles. The summed E-state index contributed by atoms with van der Waals surface area (Å²) >= 11 is 14.0. The molecule has 7 heteroatoms. The predicted octanol–water partition coefficient (Wildman–Crippen LogP) is 6.49. The van der Waals surface area contributed by atoms with E-state index < -0.39 is 0 Å². The van der Waals surface area contributed by atoms with E-state index in [-0.39, 0.29) is 5.56 Å². The molecule has 0 spiro atoms. The molecule has 0 unspecified atom stereocenters. The first-order valence-electron chi connectivity index (χ1n) is 9.20. The average Bonchev–Trinajstić information content (AvgIpc) is 3.23. The lowest BCUT2D eigenvalue weighted by atomic mass is 10.1. The predicted molar refractivity (Wildman–Crippen MR) is 115 cm³/mol. The normalized spacial score (nSPS) is 14.2. The summed E-state index contributed by atoms with van der Waals surface area (Å²) in [6, 6.07) is 8.80. The van der Waals surface area contributed by atoms with Crippen molar-refractivity contribution in [1.29, 1.82) is 0 Å². The van der Waals surface area contributed by atoms with E-state index in [9.17, 15) is 4.79 Å². The number of H-pyrrole nitrogens is 1. The molecule has 0 radical (unpaired) electrons. The second-order valence-electron chi connectivity index (χ2n) is 6.95. The number of hydrogen-bond acceptors (Lipinski definition) is 4. The lowest BCUT2D eigenvalue weighted by Gasteiger charge is -2.02. The number of aryl methyl sites for hydroxylation is 2. The van der Waals surface area contributed by atoms with Gasteiger partial charge >= 0.3 is 0 Å². The number of nitrogens with one attached hydrogen (secondary N) is 1. The van der Waals surface area contributed by atoms with Gasteiger partial charge in [0.15, 0.2) is 11.6 Å². The summed E-state index contributed by atoms with van der Waals surface area (Å²) in [4.78, 5) is 22.5. The SMILES string of the molecule is O=c1[nH]c(-c2ccc(-c3cc(Cl)ccc3Cl)o2)nc2sc3c(c12)CCCCC3. The number of halogens is 2. The minimum atomic E-state index is -0.0989. The maximum Gasteiger partial charge on any atom is 0.260 e. The van der Waals surface area contributed by atoms with Crippen LogP contribution in [0.25, 0.3) is 33.1 Å². The van der Waals surface area contributed by atoms with E-state index in [2.05, 4.69) is 4.98 Å². The summed E-state index contributed by atoms with van der Waals surface area (Å²) in [5.74, 6) is 1.50. The quantitative estimate of drug-likeness (QED) is 0.369. The highest BCUT2D eigenvalue weighted by Gasteiger charge is 2.20. The maximum absolute atomic E-state index is 12.8. The van der Waals surface area contributed by atoms with Crippen molar-refractivity contribution in [3.63, 3.8) is 0 Å². The molecule has 0 aliphatic heterocycles. The van der Waals surface area contributed by atoms with Crippen molar-refractivity contribution in [3.8, 4) is 22.9 Å². The van der Waals surface area contributed by atoms with E-state index in [1.165, 1.54) is 23.3 Å². The van der Waals surface area contributed by atoms with Crippen LogP contribution >= 0.6 is 34.5 Å². The molecule has 4 aromatic rings. The molecular weight excluding hydrogens is 415 g/mol.